The molecule has 0 rings (SSSR count). The Morgan fingerprint density at radius 3 is 2.00 bits per heavy atom. The van der Waals surface area contributed by atoms with Crippen molar-refractivity contribution in [3.05, 3.63) is 0 Å². The van der Waals surface area contributed by atoms with Crippen LogP contribution in [0.3, 0.4) is 0 Å². The minimum absolute atomic E-state index is 0.139. The van der Waals surface area contributed by atoms with Crippen molar-refractivity contribution in [2.75, 3.05) is 7.05 Å². The fraction of sp³-hybridized carbons (Fsp3) is 0.667. The molecular formula is C3H3F4NOS. The van der Waals surface area contributed by atoms with Crippen molar-refractivity contribution >= 4 is 18.1 Å². The number of carbonyl (C=O) groups excluding carboxylic acids is 1. The largest absolute Gasteiger partial charge is 0.461 e. The van der Waals surface area contributed by atoms with Gasteiger partial charge < -0.3 is 0 Å². The van der Waals surface area contributed by atoms with Crippen molar-refractivity contribution < 1.29 is 22.4 Å². The Morgan fingerprint density at radius 2 is 1.90 bits per heavy atom. The molecule has 0 aliphatic heterocycles. The van der Waals surface area contributed by atoms with Gasteiger partial charge in [0.1, 0.15) is 0 Å². The van der Waals surface area contributed by atoms with E-state index in [-0.39, 0.29) is 4.31 Å². The van der Waals surface area contributed by atoms with Crippen molar-refractivity contribution in [3.63, 3.8) is 0 Å². The third-order valence-corrected chi connectivity index (χ3v) is 1.11. The molecule has 60 valence electrons. The first-order valence-electron chi connectivity index (χ1n) is 2.02. The van der Waals surface area contributed by atoms with E-state index in [1.165, 1.54) is 0 Å². The van der Waals surface area contributed by atoms with E-state index in [0.29, 0.717) is 7.05 Å². The normalized spacial score (nSPS) is 11.3. The van der Waals surface area contributed by atoms with Crippen LogP contribution in [0.2, 0.25) is 0 Å². The van der Waals surface area contributed by atoms with E-state index in [1.807, 2.05) is 0 Å². The van der Waals surface area contributed by atoms with Crippen molar-refractivity contribution in [3.8, 4) is 0 Å². The second-order valence-corrected chi connectivity index (χ2v) is 2.48. The maximum atomic E-state index is 11.4. The zero-order valence-corrected chi connectivity index (χ0v) is 5.59. The maximum Gasteiger partial charge on any atom is 0.461 e. The molecule has 0 aromatic carbocycles. The molecule has 1 amide bonds. The van der Waals surface area contributed by atoms with Gasteiger partial charge in [-0.3, -0.25) is 4.31 Å². The minimum Gasteiger partial charge on any atom is -0.254 e. The SMILES string of the molecule is CN(SC(F)(F)F)C(=O)F. The van der Waals surface area contributed by atoms with E-state index >= 15 is 0 Å². The lowest BCUT2D eigenvalue weighted by molar-refractivity contribution is -0.0354. The molecule has 0 radical (unpaired) electrons. The van der Waals surface area contributed by atoms with Crippen LogP contribution in [0.4, 0.5) is 22.4 Å². The van der Waals surface area contributed by atoms with Crippen LogP contribution in [0.1, 0.15) is 0 Å². The number of hydrogen-bond donors (Lipinski definition) is 0. The number of carbonyl (C=O) groups is 1. The molecule has 0 aliphatic carbocycles. The zero-order chi connectivity index (χ0) is 8.36. The van der Waals surface area contributed by atoms with E-state index in [1.54, 1.807) is 0 Å². The summed E-state index contributed by atoms with van der Waals surface area (Å²) in [7, 11) is 0.695. The fourth-order valence-electron chi connectivity index (χ4n) is 0.191. The fourth-order valence-corrected chi connectivity index (χ4v) is 0.573. The van der Waals surface area contributed by atoms with Crippen LogP contribution in [0.15, 0.2) is 0 Å². The van der Waals surface area contributed by atoms with Gasteiger partial charge in [0.25, 0.3) is 0 Å². The third-order valence-electron chi connectivity index (χ3n) is 0.488. The molecule has 0 N–H and O–H groups in total. The molecule has 0 aromatic heterocycles. The molecule has 7 heteroatoms. The van der Waals surface area contributed by atoms with Gasteiger partial charge in [-0.25, -0.2) is 4.79 Å². The number of halogens is 4. The van der Waals surface area contributed by atoms with E-state index in [2.05, 4.69) is 0 Å². The summed E-state index contributed by atoms with van der Waals surface area (Å²) < 4.78 is 45.1. The van der Waals surface area contributed by atoms with Crippen LogP contribution >= 0.6 is 11.9 Å². The summed E-state index contributed by atoms with van der Waals surface area (Å²) >= 11 is -0.826. The van der Waals surface area contributed by atoms with Crippen molar-refractivity contribution in [1.82, 2.24) is 4.31 Å². The predicted molar refractivity (Wildman–Crippen MR) is 27.9 cm³/mol. The number of rotatable bonds is 1. The molecule has 0 heterocycles. The molecule has 0 spiro atoms. The molecular weight excluding hydrogens is 174 g/mol. The highest BCUT2D eigenvalue weighted by atomic mass is 32.2. The van der Waals surface area contributed by atoms with Crippen LogP contribution in [-0.2, 0) is 0 Å². The molecule has 0 aliphatic rings. The lowest BCUT2D eigenvalue weighted by atomic mass is 11.2. The number of alkyl halides is 3. The lowest BCUT2D eigenvalue weighted by Gasteiger charge is -2.11. The first-order valence-corrected chi connectivity index (χ1v) is 2.79. The number of hydrogen-bond acceptors (Lipinski definition) is 2. The zero-order valence-electron chi connectivity index (χ0n) is 4.78. The summed E-state index contributed by atoms with van der Waals surface area (Å²) in [6.45, 7) is 0. The Hall–Kier alpha value is -0.460. The first-order chi connectivity index (χ1) is 4.33. The van der Waals surface area contributed by atoms with Gasteiger partial charge in [0.15, 0.2) is 0 Å². The van der Waals surface area contributed by atoms with Gasteiger partial charge in [0.05, 0.1) is 11.9 Å². The standard InChI is InChI=1S/C3H3F4NOS/c1-8(2(4)9)10-3(5,6)7/h1H3. The van der Waals surface area contributed by atoms with Gasteiger partial charge in [-0.15, -0.1) is 4.39 Å². The summed E-state index contributed by atoms with van der Waals surface area (Å²) in [6.07, 6.45) is -2.12. The van der Waals surface area contributed by atoms with Crippen LogP contribution < -0.4 is 0 Å². The molecule has 2 nitrogen and oxygen atoms in total. The molecule has 0 unspecified atom stereocenters. The van der Waals surface area contributed by atoms with Crippen molar-refractivity contribution in [2.45, 2.75) is 5.51 Å². The highest BCUT2D eigenvalue weighted by Crippen LogP contribution is 2.32. The van der Waals surface area contributed by atoms with Crippen molar-refractivity contribution in [2.24, 2.45) is 0 Å². The van der Waals surface area contributed by atoms with Crippen LogP contribution in [0.5, 0.6) is 0 Å². The Bertz CT molecular complexity index is 135. The Balaban J connectivity index is 3.80. The number of nitrogens with zero attached hydrogens (tertiary/aromatic N) is 1. The van der Waals surface area contributed by atoms with E-state index in [9.17, 15) is 22.4 Å². The van der Waals surface area contributed by atoms with E-state index in [4.69, 9.17) is 0 Å². The van der Waals surface area contributed by atoms with Crippen LogP contribution in [0.25, 0.3) is 0 Å². The quantitative estimate of drug-likeness (QED) is 0.265. The number of amides is 1. The highest BCUT2D eigenvalue weighted by molar-refractivity contribution is 7.98. The molecule has 0 aromatic rings. The monoisotopic (exact) mass is 177 g/mol. The molecule has 10 heavy (non-hydrogen) atoms. The topological polar surface area (TPSA) is 20.3 Å². The van der Waals surface area contributed by atoms with Crippen LogP contribution in [0, 0.1) is 0 Å². The molecule has 0 fully saturated rings. The molecule has 0 saturated carbocycles. The second kappa shape index (κ2) is 3.09. The van der Waals surface area contributed by atoms with Crippen LogP contribution in [-0.4, -0.2) is 23.0 Å². The van der Waals surface area contributed by atoms with E-state index < -0.39 is 23.6 Å². The third kappa shape index (κ3) is 4.42. The van der Waals surface area contributed by atoms with Gasteiger partial charge >= 0.3 is 11.7 Å². The second-order valence-electron chi connectivity index (χ2n) is 1.29. The smallest absolute Gasteiger partial charge is 0.254 e. The van der Waals surface area contributed by atoms with E-state index in [0.717, 1.165) is 0 Å². The summed E-state index contributed by atoms with van der Waals surface area (Å²) in [6, 6.07) is 0. The summed E-state index contributed by atoms with van der Waals surface area (Å²) in [5, 5.41) is 0. The molecule has 0 bridgehead atoms. The van der Waals surface area contributed by atoms with Gasteiger partial charge in [-0.05, 0) is 0 Å². The Labute approximate surface area is 58.3 Å². The average Bonchev–Trinajstić information content (AvgIpc) is 1.60. The summed E-state index contributed by atoms with van der Waals surface area (Å²) in [5.41, 5.74) is -4.61. The maximum absolute atomic E-state index is 11.4. The lowest BCUT2D eigenvalue weighted by Crippen LogP contribution is -2.18. The summed E-state index contributed by atoms with van der Waals surface area (Å²) in [4.78, 5) is 9.56. The van der Waals surface area contributed by atoms with Crippen molar-refractivity contribution in [1.29, 1.82) is 0 Å². The molecule has 0 saturated heterocycles. The minimum atomic E-state index is -4.61. The Kier molecular flexibility index (Phi) is 2.95. The van der Waals surface area contributed by atoms with Gasteiger partial charge in [-0.2, -0.15) is 13.2 Å². The Morgan fingerprint density at radius 1 is 1.50 bits per heavy atom. The predicted octanol–water partition coefficient (Wildman–Crippen LogP) is 2.18. The van der Waals surface area contributed by atoms with Gasteiger partial charge in [0, 0.05) is 7.05 Å². The first kappa shape index (κ1) is 9.54. The van der Waals surface area contributed by atoms with Gasteiger partial charge in [0.2, 0.25) is 0 Å². The van der Waals surface area contributed by atoms with Gasteiger partial charge in [-0.1, -0.05) is 0 Å². The highest BCUT2D eigenvalue weighted by Gasteiger charge is 2.33. The average molecular weight is 177 g/mol. The molecule has 0 atom stereocenters. The summed E-state index contributed by atoms with van der Waals surface area (Å²) in [5.74, 6) is 0.